The van der Waals surface area contributed by atoms with Gasteiger partial charge in [-0.3, -0.25) is 9.59 Å². The van der Waals surface area contributed by atoms with E-state index in [2.05, 4.69) is 62.5 Å². The van der Waals surface area contributed by atoms with Crippen LogP contribution in [-0.4, -0.2) is 36.4 Å². The molecule has 0 aromatic rings. The fourth-order valence-corrected chi connectivity index (χ4v) is 4.37. The molecule has 0 saturated heterocycles. The van der Waals surface area contributed by atoms with Crippen LogP contribution >= 0.6 is 0 Å². The molecule has 0 aliphatic carbocycles. The molecule has 0 bridgehead atoms. The van der Waals surface area contributed by atoms with Gasteiger partial charge in [0.2, 0.25) is 0 Å². The zero-order chi connectivity index (χ0) is 30.1. The standard InChI is InChI=1S/C36H62O5/c1-3-5-7-9-11-12-13-14-15-16-17-18-19-20-21-22-23-24-25-27-29-31-36(39)41-34(32-37)33-40-35(38)30-28-26-10-8-6-4-2/h5,7,11-12,14-15,17-18,34,37H,3-4,6,8-10,13,16,19-33H2,1-2H3/b7-5-,12-11-,15-14-,18-17-. The molecular formula is C36H62O5. The number of aliphatic hydroxyl groups excluding tert-OH is 1. The van der Waals surface area contributed by atoms with Gasteiger partial charge in [-0.25, -0.2) is 0 Å². The van der Waals surface area contributed by atoms with Gasteiger partial charge < -0.3 is 14.6 Å². The Morgan fingerprint density at radius 3 is 1.59 bits per heavy atom. The van der Waals surface area contributed by atoms with Crippen molar-refractivity contribution in [1.29, 1.82) is 0 Å². The number of rotatable bonds is 29. The largest absolute Gasteiger partial charge is 0.462 e. The minimum absolute atomic E-state index is 0.0702. The molecule has 1 unspecified atom stereocenters. The summed E-state index contributed by atoms with van der Waals surface area (Å²) in [6, 6.07) is 0. The van der Waals surface area contributed by atoms with Crippen LogP contribution < -0.4 is 0 Å². The van der Waals surface area contributed by atoms with E-state index in [1.54, 1.807) is 0 Å². The number of unbranched alkanes of at least 4 members (excludes halogenated alkanes) is 13. The molecule has 41 heavy (non-hydrogen) atoms. The molecule has 0 saturated carbocycles. The smallest absolute Gasteiger partial charge is 0.306 e. The number of carbonyl (C=O) groups excluding carboxylic acids is 2. The molecule has 0 amide bonds. The first-order chi connectivity index (χ1) is 20.1. The van der Waals surface area contributed by atoms with Crippen molar-refractivity contribution in [3.63, 3.8) is 0 Å². The normalized spacial score (nSPS) is 12.8. The molecular weight excluding hydrogens is 512 g/mol. The first-order valence-corrected chi connectivity index (χ1v) is 16.7. The van der Waals surface area contributed by atoms with Crippen LogP contribution in [0.1, 0.15) is 149 Å². The third-order valence-electron chi connectivity index (χ3n) is 6.89. The third-order valence-corrected chi connectivity index (χ3v) is 6.89. The molecule has 0 fully saturated rings. The van der Waals surface area contributed by atoms with E-state index >= 15 is 0 Å². The maximum atomic E-state index is 12.1. The van der Waals surface area contributed by atoms with Crippen molar-refractivity contribution in [2.75, 3.05) is 13.2 Å². The van der Waals surface area contributed by atoms with Gasteiger partial charge in [-0.1, -0.05) is 133 Å². The predicted octanol–water partition coefficient (Wildman–Crippen LogP) is 9.89. The zero-order valence-corrected chi connectivity index (χ0v) is 26.5. The van der Waals surface area contributed by atoms with E-state index in [0.29, 0.717) is 12.8 Å². The van der Waals surface area contributed by atoms with Crippen molar-refractivity contribution >= 4 is 11.9 Å². The van der Waals surface area contributed by atoms with E-state index in [1.165, 1.54) is 51.4 Å². The van der Waals surface area contributed by atoms with Crippen LogP contribution in [0.25, 0.3) is 0 Å². The summed E-state index contributed by atoms with van der Waals surface area (Å²) >= 11 is 0. The van der Waals surface area contributed by atoms with Crippen molar-refractivity contribution in [3.8, 4) is 0 Å². The highest BCUT2D eigenvalue weighted by atomic mass is 16.6. The lowest BCUT2D eigenvalue weighted by atomic mass is 10.1. The minimum atomic E-state index is -0.771. The number of esters is 2. The molecule has 5 heteroatoms. The third kappa shape index (κ3) is 30.6. The van der Waals surface area contributed by atoms with Gasteiger partial charge in [-0.2, -0.15) is 0 Å². The van der Waals surface area contributed by atoms with Crippen LogP contribution in [0.4, 0.5) is 0 Å². The maximum absolute atomic E-state index is 12.1. The van der Waals surface area contributed by atoms with Gasteiger partial charge in [-0.05, 0) is 51.4 Å². The molecule has 0 aliphatic rings. The van der Waals surface area contributed by atoms with Crippen molar-refractivity contribution in [1.82, 2.24) is 0 Å². The molecule has 236 valence electrons. The fourth-order valence-electron chi connectivity index (χ4n) is 4.37. The van der Waals surface area contributed by atoms with Gasteiger partial charge >= 0.3 is 11.9 Å². The quantitative estimate of drug-likeness (QED) is 0.0547. The van der Waals surface area contributed by atoms with Crippen LogP contribution in [0.2, 0.25) is 0 Å². The van der Waals surface area contributed by atoms with Gasteiger partial charge in [-0.15, -0.1) is 0 Å². The molecule has 0 aromatic carbocycles. The highest BCUT2D eigenvalue weighted by molar-refractivity contribution is 5.70. The molecule has 0 heterocycles. The Kier molecular flexibility index (Phi) is 30.7. The van der Waals surface area contributed by atoms with Gasteiger partial charge in [0.25, 0.3) is 0 Å². The molecule has 0 radical (unpaired) electrons. The van der Waals surface area contributed by atoms with E-state index in [1.807, 2.05) is 0 Å². The van der Waals surface area contributed by atoms with E-state index < -0.39 is 6.10 Å². The molecule has 5 nitrogen and oxygen atoms in total. The lowest BCUT2D eigenvalue weighted by molar-refractivity contribution is -0.161. The zero-order valence-electron chi connectivity index (χ0n) is 26.5. The Morgan fingerprint density at radius 1 is 0.585 bits per heavy atom. The van der Waals surface area contributed by atoms with E-state index in [0.717, 1.165) is 70.6 Å². The molecule has 0 spiro atoms. The summed E-state index contributed by atoms with van der Waals surface area (Å²) in [6.45, 7) is 3.93. The lowest BCUT2D eigenvalue weighted by Gasteiger charge is -2.15. The van der Waals surface area contributed by atoms with Gasteiger partial charge in [0.05, 0.1) is 6.61 Å². The molecule has 1 atom stereocenters. The first-order valence-electron chi connectivity index (χ1n) is 16.7. The summed E-state index contributed by atoms with van der Waals surface area (Å²) in [6.07, 6.45) is 39.0. The van der Waals surface area contributed by atoms with Crippen LogP contribution in [-0.2, 0) is 19.1 Å². The molecule has 0 aromatic heterocycles. The topological polar surface area (TPSA) is 72.8 Å². The first kappa shape index (κ1) is 38.9. The van der Waals surface area contributed by atoms with Crippen LogP contribution in [0.15, 0.2) is 48.6 Å². The second kappa shape index (κ2) is 32.4. The van der Waals surface area contributed by atoms with Gasteiger partial charge in [0.15, 0.2) is 6.10 Å². The fraction of sp³-hybridized carbons (Fsp3) is 0.722. The van der Waals surface area contributed by atoms with E-state index in [9.17, 15) is 14.7 Å². The number of carbonyl (C=O) groups is 2. The van der Waals surface area contributed by atoms with Gasteiger partial charge in [0.1, 0.15) is 6.61 Å². The van der Waals surface area contributed by atoms with Crippen molar-refractivity contribution in [3.05, 3.63) is 48.6 Å². The Balaban J connectivity index is 3.57. The monoisotopic (exact) mass is 574 g/mol. The Bertz CT molecular complexity index is 707. The Morgan fingerprint density at radius 2 is 1.05 bits per heavy atom. The highest BCUT2D eigenvalue weighted by Gasteiger charge is 2.16. The predicted molar refractivity (Wildman–Crippen MR) is 173 cm³/mol. The van der Waals surface area contributed by atoms with Crippen molar-refractivity contribution < 1.29 is 24.2 Å². The average Bonchev–Trinajstić information content (AvgIpc) is 2.97. The van der Waals surface area contributed by atoms with Crippen LogP contribution in [0, 0.1) is 0 Å². The summed E-state index contributed by atoms with van der Waals surface area (Å²) in [7, 11) is 0. The van der Waals surface area contributed by atoms with E-state index in [-0.39, 0.29) is 25.2 Å². The van der Waals surface area contributed by atoms with Gasteiger partial charge in [0, 0.05) is 12.8 Å². The van der Waals surface area contributed by atoms with Crippen LogP contribution in [0.3, 0.4) is 0 Å². The lowest BCUT2D eigenvalue weighted by Crippen LogP contribution is -2.28. The Hall–Kier alpha value is -2.14. The summed E-state index contributed by atoms with van der Waals surface area (Å²) in [5, 5.41) is 9.45. The van der Waals surface area contributed by atoms with Crippen molar-refractivity contribution in [2.45, 2.75) is 155 Å². The summed E-state index contributed by atoms with van der Waals surface area (Å²) in [5.74, 6) is -0.614. The average molecular weight is 575 g/mol. The molecule has 0 aliphatic heterocycles. The second-order valence-electron chi connectivity index (χ2n) is 10.9. The molecule has 1 N–H and O–H groups in total. The number of hydrogen-bond acceptors (Lipinski definition) is 5. The SMILES string of the molecule is CC/C=C\C/C=C\C/C=C\C/C=C\CCCCCCCCCCC(=O)OC(CO)COC(=O)CCCCCCCC. The second-order valence-corrected chi connectivity index (χ2v) is 10.9. The summed E-state index contributed by atoms with van der Waals surface area (Å²) < 4.78 is 10.5. The number of aliphatic hydroxyl groups is 1. The Labute approximate surface area is 252 Å². The number of hydrogen-bond donors (Lipinski definition) is 1. The summed E-state index contributed by atoms with van der Waals surface area (Å²) in [4.78, 5) is 23.9. The highest BCUT2D eigenvalue weighted by Crippen LogP contribution is 2.12. The number of allylic oxidation sites excluding steroid dienone is 8. The van der Waals surface area contributed by atoms with Crippen LogP contribution in [0.5, 0.6) is 0 Å². The van der Waals surface area contributed by atoms with Crippen molar-refractivity contribution in [2.24, 2.45) is 0 Å². The molecule has 0 rings (SSSR count). The maximum Gasteiger partial charge on any atom is 0.306 e. The summed E-state index contributed by atoms with van der Waals surface area (Å²) in [5.41, 5.74) is 0. The minimum Gasteiger partial charge on any atom is -0.462 e. The van der Waals surface area contributed by atoms with E-state index in [4.69, 9.17) is 9.47 Å². The number of ether oxygens (including phenoxy) is 2.